The van der Waals surface area contributed by atoms with E-state index in [1.165, 1.54) is 12.1 Å². The summed E-state index contributed by atoms with van der Waals surface area (Å²) in [4.78, 5) is 71.2. The lowest BCUT2D eigenvalue weighted by Gasteiger charge is -2.16. The molecular formula is C22H22N4O8S2. The first-order chi connectivity index (χ1) is 17.0. The van der Waals surface area contributed by atoms with Gasteiger partial charge in [0.1, 0.15) is 12.1 Å². The van der Waals surface area contributed by atoms with Crippen molar-refractivity contribution in [3.8, 4) is 0 Å². The molecule has 2 aromatic carbocycles. The predicted molar refractivity (Wildman–Crippen MR) is 130 cm³/mol. The Morgan fingerprint density at radius 3 is 1.31 bits per heavy atom. The maximum atomic E-state index is 12.7. The van der Waals surface area contributed by atoms with Crippen molar-refractivity contribution in [2.45, 2.75) is 34.7 Å². The quantitative estimate of drug-likeness (QED) is 0.196. The molecule has 12 nitrogen and oxygen atoms in total. The Hall–Kier alpha value is -4.04. The summed E-state index contributed by atoms with van der Waals surface area (Å²) in [5.41, 5.74) is 10.3. The van der Waals surface area contributed by atoms with Crippen molar-refractivity contribution in [2.24, 2.45) is 11.5 Å². The van der Waals surface area contributed by atoms with Crippen LogP contribution in [0.25, 0.3) is 0 Å². The Morgan fingerprint density at radius 2 is 1.00 bits per heavy atom. The molecule has 2 atom stereocenters. The highest BCUT2D eigenvalue weighted by Gasteiger charge is 2.25. The largest absolute Gasteiger partial charge is 0.480 e. The van der Waals surface area contributed by atoms with Crippen LogP contribution >= 0.6 is 21.6 Å². The van der Waals surface area contributed by atoms with Crippen molar-refractivity contribution in [3.63, 3.8) is 0 Å². The topological polar surface area (TPSA) is 219 Å². The number of carbonyl (C=O) groups is 6. The molecule has 0 unspecified atom stereocenters. The molecule has 4 amide bonds. The van der Waals surface area contributed by atoms with Gasteiger partial charge in [-0.3, -0.25) is 19.2 Å². The minimum atomic E-state index is -1.51. The van der Waals surface area contributed by atoms with Gasteiger partial charge in [0.05, 0.1) is 24.0 Å². The second-order valence-electron chi connectivity index (χ2n) is 7.23. The van der Waals surface area contributed by atoms with Crippen molar-refractivity contribution >= 4 is 57.2 Å². The van der Waals surface area contributed by atoms with Crippen molar-refractivity contribution < 1.29 is 39.0 Å². The van der Waals surface area contributed by atoms with Crippen LogP contribution in [0.4, 0.5) is 0 Å². The molecule has 14 heteroatoms. The molecule has 0 aliphatic heterocycles. The number of nitrogens with two attached hydrogens (primary N) is 2. The fourth-order valence-electron chi connectivity index (χ4n) is 2.82. The molecule has 2 aromatic rings. The van der Waals surface area contributed by atoms with Gasteiger partial charge in [-0.2, -0.15) is 0 Å². The Bertz CT molecular complexity index is 1100. The monoisotopic (exact) mass is 534 g/mol. The van der Waals surface area contributed by atoms with E-state index in [4.69, 9.17) is 11.5 Å². The first-order valence-corrected chi connectivity index (χ1v) is 12.3. The van der Waals surface area contributed by atoms with Crippen LogP contribution in [-0.4, -0.2) is 57.9 Å². The summed E-state index contributed by atoms with van der Waals surface area (Å²) >= 11 is 0. The second-order valence-corrected chi connectivity index (χ2v) is 9.44. The number of carboxylic acids is 2. The SMILES string of the molecule is NC(=O)C[C@H](NC(=O)c1ccccc1SSc1ccccc1C(=O)N[C@@H](CC(N)=O)C(=O)O)C(=O)O. The minimum Gasteiger partial charge on any atom is -0.480 e. The number of rotatable bonds is 13. The molecular weight excluding hydrogens is 512 g/mol. The molecule has 0 aromatic heterocycles. The Morgan fingerprint density at radius 1 is 0.667 bits per heavy atom. The van der Waals surface area contributed by atoms with Crippen molar-refractivity contribution in [1.82, 2.24) is 10.6 Å². The van der Waals surface area contributed by atoms with Crippen LogP contribution in [0.2, 0.25) is 0 Å². The lowest BCUT2D eigenvalue weighted by Crippen LogP contribution is -2.43. The fraction of sp³-hybridized carbons (Fsp3) is 0.182. The summed E-state index contributed by atoms with van der Waals surface area (Å²) in [5.74, 6) is -6.10. The normalized spacial score (nSPS) is 12.1. The minimum absolute atomic E-state index is 0.125. The number of carboxylic acid groups (broad SMARTS) is 2. The molecule has 2 rings (SSSR count). The van der Waals surface area contributed by atoms with Crippen LogP contribution in [0, 0.1) is 0 Å². The molecule has 0 aliphatic carbocycles. The number of amides is 4. The predicted octanol–water partition coefficient (Wildman–Crippen LogP) is 0.603. The molecule has 0 saturated heterocycles. The van der Waals surface area contributed by atoms with Crippen molar-refractivity contribution in [2.75, 3.05) is 0 Å². The summed E-state index contributed by atoms with van der Waals surface area (Å²) in [7, 11) is 2.18. The second kappa shape index (κ2) is 13.2. The van der Waals surface area contributed by atoms with Gasteiger partial charge in [0.2, 0.25) is 11.8 Å². The maximum Gasteiger partial charge on any atom is 0.326 e. The van der Waals surface area contributed by atoms with Gasteiger partial charge in [-0.1, -0.05) is 45.9 Å². The fourth-order valence-corrected chi connectivity index (χ4v) is 5.18. The number of aliphatic carboxylic acids is 2. The van der Waals surface area contributed by atoms with Gasteiger partial charge in [-0.25, -0.2) is 9.59 Å². The molecule has 0 aliphatic rings. The molecule has 0 spiro atoms. The zero-order valence-electron chi connectivity index (χ0n) is 18.5. The number of carbonyl (C=O) groups excluding carboxylic acids is 4. The third kappa shape index (κ3) is 8.32. The third-order valence-electron chi connectivity index (χ3n) is 4.50. The summed E-state index contributed by atoms with van der Waals surface area (Å²) < 4.78 is 0. The van der Waals surface area contributed by atoms with Crippen molar-refractivity contribution in [1.29, 1.82) is 0 Å². The van der Waals surface area contributed by atoms with Crippen LogP contribution in [0.3, 0.4) is 0 Å². The number of nitrogens with one attached hydrogen (secondary N) is 2. The summed E-state index contributed by atoms with van der Waals surface area (Å²) in [6.07, 6.45) is -1.17. The Kier molecular flexibility index (Phi) is 10.3. The van der Waals surface area contributed by atoms with Crippen LogP contribution in [-0.2, 0) is 19.2 Å². The number of benzene rings is 2. The Balaban J connectivity index is 2.20. The Labute approximate surface area is 212 Å². The molecule has 0 bridgehead atoms. The third-order valence-corrected chi connectivity index (χ3v) is 6.98. The van der Waals surface area contributed by atoms with E-state index in [2.05, 4.69) is 10.6 Å². The number of hydrogen-bond acceptors (Lipinski definition) is 8. The molecule has 0 fully saturated rings. The van der Waals surface area contributed by atoms with E-state index in [9.17, 15) is 39.0 Å². The first-order valence-electron chi connectivity index (χ1n) is 10.2. The van der Waals surface area contributed by atoms with Gasteiger partial charge in [0, 0.05) is 9.79 Å². The molecule has 36 heavy (non-hydrogen) atoms. The molecule has 0 saturated carbocycles. The average molecular weight is 535 g/mol. The lowest BCUT2D eigenvalue weighted by atomic mass is 10.1. The van der Waals surface area contributed by atoms with Crippen LogP contribution in [0.5, 0.6) is 0 Å². The van der Waals surface area contributed by atoms with Gasteiger partial charge in [-0.05, 0) is 24.3 Å². The van der Waals surface area contributed by atoms with E-state index in [0.29, 0.717) is 9.79 Å². The van der Waals surface area contributed by atoms with Gasteiger partial charge in [0.15, 0.2) is 0 Å². The van der Waals surface area contributed by atoms with Gasteiger partial charge in [-0.15, -0.1) is 0 Å². The van der Waals surface area contributed by atoms with Crippen LogP contribution in [0.15, 0.2) is 58.3 Å². The van der Waals surface area contributed by atoms with Gasteiger partial charge in [0.25, 0.3) is 11.8 Å². The number of hydrogen-bond donors (Lipinski definition) is 6. The first kappa shape index (κ1) is 28.2. The zero-order valence-corrected chi connectivity index (χ0v) is 20.1. The number of primary amides is 2. The van der Waals surface area contributed by atoms with E-state index in [-0.39, 0.29) is 11.1 Å². The summed E-state index contributed by atoms with van der Waals surface area (Å²) in [5, 5.41) is 23.0. The van der Waals surface area contributed by atoms with E-state index in [1.54, 1.807) is 36.4 Å². The average Bonchev–Trinajstić information content (AvgIpc) is 2.81. The van der Waals surface area contributed by atoms with Crippen LogP contribution < -0.4 is 22.1 Å². The standard InChI is InChI=1S/C22H22N4O8S2/c23-17(27)9-13(21(31)32)25-19(29)11-5-1-3-7-15(11)35-36-16-8-4-2-6-12(16)20(30)26-14(22(33)34)10-18(24)28/h1-8,13-14H,9-10H2,(H2,23,27)(H2,24,28)(H,25,29)(H,26,30)(H,31,32)(H,33,34)/t13-,14-/m0/s1. The van der Waals surface area contributed by atoms with Crippen LogP contribution in [0.1, 0.15) is 33.6 Å². The lowest BCUT2D eigenvalue weighted by molar-refractivity contribution is -0.141. The molecule has 0 heterocycles. The highest BCUT2D eigenvalue weighted by Crippen LogP contribution is 2.40. The maximum absolute atomic E-state index is 12.7. The van der Waals surface area contributed by atoms with E-state index in [0.717, 1.165) is 21.6 Å². The highest BCUT2D eigenvalue weighted by molar-refractivity contribution is 8.76. The molecule has 8 N–H and O–H groups in total. The highest BCUT2D eigenvalue weighted by atomic mass is 33.1. The molecule has 190 valence electrons. The van der Waals surface area contributed by atoms with E-state index in [1.807, 2.05) is 0 Å². The van der Waals surface area contributed by atoms with E-state index >= 15 is 0 Å². The van der Waals surface area contributed by atoms with Gasteiger partial charge < -0.3 is 32.3 Å². The molecule has 0 radical (unpaired) electrons. The van der Waals surface area contributed by atoms with E-state index < -0.39 is 60.5 Å². The summed E-state index contributed by atoms with van der Waals surface area (Å²) in [6, 6.07) is 9.55. The zero-order chi connectivity index (χ0) is 26.8. The van der Waals surface area contributed by atoms with Gasteiger partial charge >= 0.3 is 11.9 Å². The summed E-state index contributed by atoms with van der Waals surface area (Å²) in [6.45, 7) is 0. The van der Waals surface area contributed by atoms with Crippen molar-refractivity contribution in [3.05, 3.63) is 59.7 Å². The smallest absolute Gasteiger partial charge is 0.326 e.